The van der Waals surface area contributed by atoms with Crippen LogP contribution in [0.25, 0.3) is 0 Å². The molecule has 1 aromatic heterocycles. The number of carbonyl (C=O) groups is 1. The van der Waals surface area contributed by atoms with Gasteiger partial charge in [0.25, 0.3) is 0 Å². The first kappa shape index (κ1) is 13.4. The lowest BCUT2D eigenvalue weighted by Crippen LogP contribution is -2.07. The molecule has 2 rings (SSSR count). The van der Waals surface area contributed by atoms with Crippen LogP contribution in [0, 0.1) is 0 Å². The minimum Gasteiger partial charge on any atom is -0.478 e. The lowest BCUT2D eigenvalue weighted by Gasteiger charge is -2.09. The molecule has 5 nitrogen and oxygen atoms in total. The predicted octanol–water partition coefficient (Wildman–Crippen LogP) is 2.74. The second-order valence-electron chi connectivity index (χ2n) is 3.91. The number of benzene rings is 1. The fraction of sp³-hybridized carbons (Fsp3) is 0.0769. The quantitative estimate of drug-likeness (QED) is 0.805. The van der Waals surface area contributed by atoms with Crippen LogP contribution in [-0.4, -0.2) is 16.1 Å². The Bertz CT molecular complexity index is 617. The van der Waals surface area contributed by atoms with Crippen molar-refractivity contribution in [2.45, 2.75) is 6.54 Å². The summed E-state index contributed by atoms with van der Waals surface area (Å²) in [6.45, 7) is 0.539. The van der Waals surface area contributed by atoms with Crippen LogP contribution in [0.2, 0.25) is 0 Å². The van der Waals surface area contributed by atoms with Gasteiger partial charge >= 0.3 is 5.97 Å². The minimum absolute atomic E-state index is 0.0460. The summed E-state index contributed by atoms with van der Waals surface area (Å²) in [4.78, 5) is 15.0. The Hall–Kier alpha value is -2.08. The van der Waals surface area contributed by atoms with Gasteiger partial charge in [0.15, 0.2) is 0 Å². The molecule has 2 aromatic rings. The third kappa shape index (κ3) is 3.23. The van der Waals surface area contributed by atoms with Gasteiger partial charge in [0.1, 0.15) is 5.82 Å². The van der Waals surface area contributed by atoms with Gasteiger partial charge < -0.3 is 16.2 Å². The number of nitrogens with two attached hydrogens (primary N) is 1. The summed E-state index contributed by atoms with van der Waals surface area (Å²) in [7, 11) is 0. The Morgan fingerprint density at radius 2 is 2.16 bits per heavy atom. The van der Waals surface area contributed by atoms with Crippen molar-refractivity contribution < 1.29 is 9.90 Å². The van der Waals surface area contributed by atoms with E-state index in [-0.39, 0.29) is 11.3 Å². The number of aromatic nitrogens is 1. The molecule has 0 radical (unpaired) electrons. The molecular weight excluding hydrogens is 310 g/mol. The molecule has 0 aliphatic carbocycles. The first-order chi connectivity index (χ1) is 9.08. The summed E-state index contributed by atoms with van der Waals surface area (Å²) >= 11 is 3.44. The Morgan fingerprint density at radius 1 is 1.42 bits per heavy atom. The van der Waals surface area contributed by atoms with Gasteiger partial charge in [0.2, 0.25) is 0 Å². The second-order valence-corrected chi connectivity index (χ2v) is 4.76. The molecule has 6 heteroatoms. The van der Waals surface area contributed by atoms with Crippen molar-refractivity contribution in [2.24, 2.45) is 0 Å². The average molecular weight is 322 g/mol. The second kappa shape index (κ2) is 5.71. The maximum Gasteiger partial charge on any atom is 0.337 e. The van der Waals surface area contributed by atoms with E-state index in [1.165, 1.54) is 12.3 Å². The monoisotopic (exact) mass is 321 g/mol. The molecule has 0 bridgehead atoms. The zero-order valence-corrected chi connectivity index (χ0v) is 11.5. The number of nitrogens with zero attached hydrogens (tertiary/aromatic N) is 1. The predicted molar refractivity (Wildman–Crippen MR) is 77.1 cm³/mol. The molecular formula is C13H12BrN3O2. The van der Waals surface area contributed by atoms with E-state index in [0.29, 0.717) is 12.4 Å². The topological polar surface area (TPSA) is 88.2 Å². The molecule has 0 saturated heterocycles. The SMILES string of the molecule is Nc1cnc(NCc2ccccc2Br)cc1C(=O)O. The first-order valence-electron chi connectivity index (χ1n) is 5.54. The van der Waals surface area contributed by atoms with Gasteiger partial charge in [-0.25, -0.2) is 9.78 Å². The molecule has 0 saturated carbocycles. The van der Waals surface area contributed by atoms with Crippen molar-refractivity contribution in [1.82, 2.24) is 4.98 Å². The van der Waals surface area contributed by atoms with E-state index >= 15 is 0 Å². The Morgan fingerprint density at radius 3 is 2.84 bits per heavy atom. The van der Waals surface area contributed by atoms with E-state index in [9.17, 15) is 4.79 Å². The number of carboxylic acids is 1. The molecule has 1 aromatic carbocycles. The molecule has 0 spiro atoms. The maximum atomic E-state index is 11.0. The summed E-state index contributed by atoms with van der Waals surface area (Å²) in [5.41, 5.74) is 6.79. The Labute approximate surface area is 118 Å². The summed E-state index contributed by atoms with van der Waals surface area (Å²) < 4.78 is 0.983. The molecule has 4 N–H and O–H groups in total. The Kier molecular flexibility index (Phi) is 4.01. The number of anilines is 2. The number of nitrogens with one attached hydrogen (secondary N) is 1. The number of carboxylic acid groups (broad SMARTS) is 1. The fourth-order valence-corrected chi connectivity index (χ4v) is 2.00. The van der Waals surface area contributed by atoms with Gasteiger partial charge in [0.05, 0.1) is 17.4 Å². The van der Waals surface area contributed by atoms with Crippen molar-refractivity contribution in [3.05, 3.63) is 52.1 Å². The lowest BCUT2D eigenvalue weighted by atomic mass is 10.2. The van der Waals surface area contributed by atoms with Crippen LogP contribution in [0.15, 0.2) is 41.0 Å². The van der Waals surface area contributed by atoms with Crippen LogP contribution in [0.4, 0.5) is 11.5 Å². The van der Waals surface area contributed by atoms with Crippen LogP contribution >= 0.6 is 15.9 Å². The molecule has 98 valence electrons. The van der Waals surface area contributed by atoms with Gasteiger partial charge in [0, 0.05) is 11.0 Å². The maximum absolute atomic E-state index is 11.0. The van der Waals surface area contributed by atoms with Crippen molar-refractivity contribution >= 4 is 33.4 Å². The normalized spacial score (nSPS) is 10.2. The number of nitrogen functional groups attached to an aromatic ring is 1. The number of pyridine rings is 1. The van der Waals surface area contributed by atoms with Crippen LogP contribution in [0.5, 0.6) is 0 Å². The summed E-state index contributed by atoms with van der Waals surface area (Å²) in [5.74, 6) is -0.591. The third-order valence-corrected chi connectivity index (χ3v) is 3.36. The Balaban J connectivity index is 2.14. The van der Waals surface area contributed by atoms with Gasteiger partial charge in [-0.3, -0.25) is 0 Å². The van der Waals surface area contributed by atoms with Crippen LogP contribution in [0.3, 0.4) is 0 Å². The van der Waals surface area contributed by atoms with E-state index in [1.807, 2.05) is 24.3 Å². The lowest BCUT2D eigenvalue weighted by molar-refractivity contribution is 0.0698. The minimum atomic E-state index is -1.07. The van der Waals surface area contributed by atoms with Crippen molar-refractivity contribution in [3.8, 4) is 0 Å². The average Bonchev–Trinajstić information content (AvgIpc) is 2.39. The zero-order chi connectivity index (χ0) is 13.8. The highest BCUT2D eigenvalue weighted by molar-refractivity contribution is 9.10. The molecule has 0 fully saturated rings. The number of hydrogen-bond donors (Lipinski definition) is 3. The summed E-state index contributed by atoms with van der Waals surface area (Å²) in [6, 6.07) is 9.19. The van der Waals surface area contributed by atoms with Gasteiger partial charge in [-0.1, -0.05) is 34.1 Å². The van der Waals surface area contributed by atoms with E-state index in [1.54, 1.807) is 0 Å². The van der Waals surface area contributed by atoms with Crippen molar-refractivity contribution in [1.29, 1.82) is 0 Å². The summed E-state index contributed by atoms with van der Waals surface area (Å²) in [6.07, 6.45) is 1.34. The highest BCUT2D eigenvalue weighted by atomic mass is 79.9. The number of hydrogen-bond acceptors (Lipinski definition) is 4. The highest BCUT2D eigenvalue weighted by Gasteiger charge is 2.09. The smallest absolute Gasteiger partial charge is 0.337 e. The van der Waals surface area contributed by atoms with Crippen molar-refractivity contribution in [3.63, 3.8) is 0 Å². The van der Waals surface area contributed by atoms with E-state index in [2.05, 4.69) is 26.2 Å². The number of halogens is 1. The molecule has 0 amide bonds. The largest absolute Gasteiger partial charge is 0.478 e. The molecule has 0 atom stereocenters. The molecule has 19 heavy (non-hydrogen) atoms. The highest BCUT2D eigenvalue weighted by Crippen LogP contribution is 2.19. The van der Waals surface area contributed by atoms with Crippen LogP contribution in [-0.2, 0) is 6.54 Å². The van der Waals surface area contributed by atoms with Gasteiger partial charge in [-0.2, -0.15) is 0 Å². The van der Waals surface area contributed by atoms with Gasteiger partial charge in [-0.15, -0.1) is 0 Å². The number of rotatable bonds is 4. The zero-order valence-electron chi connectivity index (χ0n) is 9.93. The number of aromatic carboxylic acids is 1. The van der Waals surface area contributed by atoms with Gasteiger partial charge in [-0.05, 0) is 17.7 Å². The first-order valence-corrected chi connectivity index (χ1v) is 6.33. The fourth-order valence-electron chi connectivity index (χ4n) is 1.58. The van der Waals surface area contributed by atoms with Crippen molar-refractivity contribution in [2.75, 3.05) is 11.1 Å². The molecule has 1 heterocycles. The standard InChI is InChI=1S/C13H12BrN3O2/c14-10-4-2-1-3-8(10)6-16-12-5-9(13(18)19)11(15)7-17-12/h1-5,7H,6,15H2,(H,16,17)(H,18,19). The molecule has 0 aliphatic heterocycles. The van der Waals surface area contributed by atoms with Crippen LogP contribution < -0.4 is 11.1 Å². The van der Waals surface area contributed by atoms with E-state index in [4.69, 9.17) is 10.8 Å². The third-order valence-electron chi connectivity index (χ3n) is 2.58. The van der Waals surface area contributed by atoms with E-state index in [0.717, 1.165) is 10.0 Å². The van der Waals surface area contributed by atoms with E-state index < -0.39 is 5.97 Å². The molecule has 0 unspecified atom stereocenters. The summed E-state index contributed by atoms with van der Waals surface area (Å²) in [5, 5.41) is 12.0. The van der Waals surface area contributed by atoms with Crippen LogP contribution in [0.1, 0.15) is 15.9 Å². The molecule has 0 aliphatic rings.